The van der Waals surface area contributed by atoms with Gasteiger partial charge in [0.25, 0.3) is 0 Å². The molecule has 82 valence electrons. The Morgan fingerprint density at radius 1 is 1.19 bits per heavy atom. The molecular weight excluding hydrogens is 194 g/mol. The maximum atomic E-state index is 8.73. The van der Waals surface area contributed by atoms with Gasteiger partial charge in [0.15, 0.2) is 0 Å². The summed E-state index contributed by atoms with van der Waals surface area (Å²) in [6, 6.07) is 9.87. The lowest BCUT2D eigenvalue weighted by Gasteiger charge is -2.04. The van der Waals surface area contributed by atoms with Crippen molar-refractivity contribution in [3.05, 3.63) is 53.1 Å². The summed E-state index contributed by atoms with van der Waals surface area (Å²) in [4.78, 5) is 0. The van der Waals surface area contributed by atoms with Gasteiger partial charge in [0, 0.05) is 0 Å². The van der Waals surface area contributed by atoms with Gasteiger partial charge in [0.2, 0.25) is 0 Å². The van der Waals surface area contributed by atoms with Crippen LogP contribution in [0.2, 0.25) is 0 Å². The minimum Gasteiger partial charge on any atom is -0.192 e. The zero-order valence-electron chi connectivity index (χ0n) is 10.1. The predicted molar refractivity (Wildman–Crippen MR) is 68.9 cm³/mol. The normalized spacial score (nSPS) is 10.8. The average molecular weight is 211 g/mol. The Bertz CT molecular complexity index is 437. The summed E-state index contributed by atoms with van der Waals surface area (Å²) in [5, 5.41) is 8.73. The van der Waals surface area contributed by atoms with E-state index in [9.17, 15) is 0 Å². The van der Waals surface area contributed by atoms with Crippen LogP contribution in [0.25, 0.3) is 5.57 Å². The number of nitriles is 1. The first-order valence-corrected chi connectivity index (χ1v) is 5.52. The Hall–Kier alpha value is -1.81. The van der Waals surface area contributed by atoms with Crippen molar-refractivity contribution in [3.8, 4) is 6.07 Å². The third kappa shape index (κ3) is 3.40. The van der Waals surface area contributed by atoms with Gasteiger partial charge in [-0.15, -0.1) is 0 Å². The fourth-order valence-electron chi connectivity index (χ4n) is 1.44. The number of hydrogen-bond donors (Lipinski definition) is 0. The number of rotatable bonds is 3. The van der Waals surface area contributed by atoms with Gasteiger partial charge in [0.05, 0.1) is 11.6 Å². The molecule has 1 aromatic rings. The van der Waals surface area contributed by atoms with Crippen LogP contribution in [0.3, 0.4) is 0 Å². The average Bonchev–Trinajstić information content (AvgIpc) is 2.30. The molecule has 0 amide bonds. The highest BCUT2D eigenvalue weighted by Gasteiger charge is 1.98. The van der Waals surface area contributed by atoms with E-state index in [1.165, 1.54) is 16.7 Å². The molecule has 0 aliphatic rings. The molecule has 1 aromatic carbocycles. The van der Waals surface area contributed by atoms with Crippen molar-refractivity contribution in [3.63, 3.8) is 0 Å². The molecule has 0 bridgehead atoms. The van der Waals surface area contributed by atoms with E-state index in [1.807, 2.05) is 24.3 Å². The minimum absolute atomic E-state index is 0.710. The number of allylic oxidation sites excluding steroid dienone is 4. The number of nitrogens with zero attached hydrogens (tertiary/aromatic N) is 1. The monoisotopic (exact) mass is 211 g/mol. The maximum Gasteiger partial charge on any atom is 0.0991 e. The Balaban J connectivity index is 3.01. The van der Waals surface area contributed by atoms with E-state index in [1.54, 1.807) is 0 Å². The van der Waals surface area contributed by atoms with E-state index in [4.69, 9.17) is 5.26 Å². The molecule has 0 heterocycles. The molecule has 16 heavy (non-hydrogen) atoms. The van der Waals surface area contributed by atoms with Gasteiger partial charge in [-0.3, -0.25) is 0 Å². The zero-order valence-corrected chi connectivity index (χ0v) is 10.1. The molecular formula is C15H17N. The Morgan fingerprint density at radius 3 is 2.25 bits per heavy atom. The second kappa shape index (κ2) is 5.92. The zero-order chi connectivity index (χ0) is 12.0. The Kier molecular flexibility index (Phi) is 4.54. The lowest BCUT2D eigenvalue weighted by Crippen LogP contribution is -1.83. The summed E-state index contributed by atoms with van der Waals surface area (Å²) >= 11 is 0. The van der Waals surface area contributed by atoms with Gasteiger partial charge < -0.3 is 0 Å². The van der Waals surface area contributed by atoms with Crippen LogP contribution in [-0.2, 0) is 0 Å². The van der Waals surface area contributed by atoms with Crippen LogP contribution in [0.15, 0.2) is 42.0 Å². The second-order valence-corrected chi connectivity index (χ2v) is 3.98. The van der Waals surface area contributed by atoms with Crippen LogP contribution >= 0.6 is 0 Å². The predicted octanol–water partition coefficient (Wildman–Crippen LogP) is 4.32. The molecule has 1 rings (SSSR count). The van der Waals surface area contributed by atoms with E-state index in [0.29, 0.717) is 5.56 Å². The molecule has 0 unspecified atom stereocenters. The standard InChI is InChI=1S/C15H17N/c1-4-14(8-5-12(2)3)15-9-6-13(11-16)7-10-15/h5-10H,4H2,1-3H3/b14-8+. The van der Waals surface area contributed by atoms with Crippen molar-refractivity contribution in [1.82, 2.24) is 0 Å². The van der Waals surface area contributed by atoms with Crippen molar-refractivity contribution in [1.29, 1.82) is 5.26 Å². The van der Waals surface area contributed by atoms with Gasteiger partial charge in [-0.1, -0.05) is 36.8 Å². The Labute approximate surface area is 97.7 Å². The summed E-state index contributed by atoms with van der Waals surface area (Å²) in [6.07, 6.45) is 5.27. The van der Waals surface area contributed by atoms with Crippen molar-refractivity contribution in [2.45, 2.75) is 27.2 Å². The molecule has 0 aromatic heterocycles. The van der Waals surface area contributed by atoms with E-state index >= 15 is 0 Å². The van der Waals surface area contributed by atoms with Crippen LogP contribution in [0.4, 0.5) is 0 Å². The van der Waals surface area contributed by atoms with Crippen LogP contribution in [0.1, 0.15) is 38.3 Å². The fraction of sp³-hybridized carbons (Fsp3) is 0.267. The quantitative estimate of drug-likeness (QED) is 0.683. The van der Waals surface area contributed by atoms with Gasteiger partial charge >= 0.3 is 0 Å². The first-order chi connectivity index (χ1) is 7.67. The summed E-state index contributed by atoms with van der Waals surface area (Å²) in [5.41, 5.74) is 4.49. The molecule has 0 saturated heterocycles. The summed E-state index contributed by atoms with van der Waals surface area (Å²) in [6.45, 7) is 6.31. The smallest absolute Gasteiger partial charge is 0.0991 e. The van der Waals surface area contributed by atoms with Gasteiger partial charge in [0.1, 0.15) is 0 Å². The summed E-state index contributed by atoms with van der Waals surface area (Å²) in [7, 11) is 0. The minimum atomic E-state index is 0.710. The molecule has 1 nitrogen and oxygen atoms in total. The lowest BCUT2D eigenvalue weighted by molar-refractivity contribution is 1.23. The highest BCUT2D eigenvalue weighted by Crippen LogP contribution is 2.18. The molecule has 0 spiro atoms. The van der Waals surface area contributed by atoms with Crippen LogP contribution in [0.5, 0.6) is 0 Å². The van der Waals surface area contributed by atoms with Crippen molar-refractivity contribution in [2.75, 3.05) is 0 Å². The molecule has 0 N–H and O–H groups in total. The first kappa shape index (κ1) is 12.3. The third-order valence-corrected chi connectivity index (χ3v) is 2.38. The van der Waals surface area contributed by atoms with Gasteiger partial charge in [-0.2, -0.15) is 5.26 Å². The molecule has 0 radical (unpaired) electrons. The Morgan fingerprint density at radius 2 is 1.81 bits per heavy atom. The number of benzene rings is 1. The SMILES string of the molecule is CC/C(=C\C=C(C)C)c1ccc(C#N)cc1. The van der Waals surface area contributed by atoms with E-state index in [2.05, 4.69) is 39.0 Å². The van der Waals surface area contributed by atoms with Gasteiger partial charge in [-0.25, -0.2) is 0 Å². The summed E-state index contributed by atoms with van der Waals surface area (Å²) < 4.78 is 0. The molecule has 0 fully saturated rings. The maximum absolute atomic E-state index is 8.73. The van der Waals surface area contributed by atoms with Gasteiger partial charge in [-0.05, 0) is 43.5 Å². The third-order valence-electron chi connectivity index (χ3n) is 2.38. The van der Waals surface area contributed by atoms with E-state index in [-0.39, 0.29) is 0 Å². The molecule has 0 saturated carbocycles. The lowest BCUT2D eigenvalue weighted by atomic mass is 10.0. The van der Waals surface area contributed by atoms with Crippen LogP contribution in [-0.4, -0.2) is 0 Å². The summed E-state index contributed by atoms with van der Waals surface area (Å²) in [5.74, 6) is 0. The molecule has 0 aliphatic heterocycles. The van der Waals surface area contributed by atoms with Crippen LogP contribution in [0, 0.1) is 11.3 Å². The topological polar surface area (TPSA) is 23.8 Å². The van der Waals surface area contributed by atoms with E-state index < -0.39 is 0 Å². The fourth-order valence-corrected chi connectivity index (χ4v) is 1.44. The molecule has 1 heteroatoms. The second-order valence-electron chi connectivity index (χ2n) is 3.98. The van der Waals surface area contributed by atoms with E-state index in [0.717, 1.165) is 6.42 Å². The highest BCUT2D eigenvalue weighted by atomic mass is 14.2. The van der Waals surface area contributed by atoms with Crippen molar-refractivity contribution >= 4 is 5.57 Å². The van der Waals surface area contributed by atoms with Crippen molar-refractivity contribution in [2.24, 2.45) is 0 Å². The largest absolute Gasteiger partial charge is 0.192 e. The molecule has 0 aliphatic carbocycles. The number of hydrogen-bond acceptors (Lipinski definition) is 1. The van der Waals surface area contributed by atoms with Crippen molar-refractivity contribution < 1.29 is 0 Å². The first-order valence-electron chi connectivity index (χ1n) is 5.52. The molecule has 0 atom stereocenters. The van der Waals surface area contributed by atoms with Crippen LogP contribution < -0.4 is 0 Å². The highest BCUT2D eigenvalue weighted by molar-refractivity contribution is 5.67.